The average molecular weight is 273 g/mol. The van der Waals surface area contributed by atoms with Gasteiger partial charge in [0, 0.05) is 25.6 Å². The molecule has 1 amide bonds. The molecular weight excluding hydrogens is 259 g/mol. The molecular formula is C13H14F3NO2. The molecule has 0 spiro atoms. The van der Waals surface area contributed by atoms with Crippen LogP contribution in [0.3, 0.4) is 0 Å². The second-order valence-electron chi connectivity index (χ2n) is 4.63. The van der Waals surface area contributed by atoms with E-state index in [1.54, 1.807) is 0 Å². The highest BCUT2D eigenvalue weighted by Gasteiger charge is 2.37. The highest BCUT2D eigenvalue weighted by Crippen LogP contribution is 2.33. The van der Waals surface area contributed by atoms with E-state index < -0.39 is 17.6 Å². The van der Waals surface area contributed by atoms with Gasteiger partial charge in [0.25, 0.3) is 5.91 Å². The Kier molecular flexibility index (Phi) is 3.80. The van der Waals surface area contributed by atoms with Crippen LogP contribution in [0.2, 0.25) is 0 Å². The Bertz CT molecular complexity index is 473. The van der Waals surface area contributed by atoms with E-state index in [1.807, 2.05) is 0 Å². The third-order valence-corrected chi connectivity index (χ3v) is 3.29. The molecule has 0 bridgehead atoms. The first kappa shape index (κ1) is 13.9. The summed E-state index contributed by atoms with van der Waals surface area (Å²) < 4.78 is 38.5. The van der Waals surface area contributed by atoms with Gasteiger partial charge in [-0.15, -0.1) is 0 Å². The van der Waals surface area contributed by atoms with Crippen molar-refractivity contribution >= 4 is 5.91 Å². The van der Waals surface area contributed by atoms with Gasteiger partial charge in [-0.05, 0) is 18.6 Å². The van der Waals surface area contributed by atoms with Crippen molar-refractivity contribution in [1.82, 2.24) is 4.90 Å². The number of carbonyl (C=O) groups excluding carboxylic acids is 1. The van der Waals surface area contributed by atoms with E-state index >= 15 is 0 Å². The molecule has 0 radical (unpaired) electrons. The van der Waals surface area contributed by atoms with Crippen LogP contribution in [0.4, 0.5) is 13.2 Å². The average Bonchev–Trinajstić information content (AvgIpc) is 2.85. The minimum atomic E-state index is -4.54. The normalized spacial score (nSPS) is 19.8. The lowest BCUT2D eigenvalue weighted by Gasteiger charge is -2.19. The van der Waals surface area contributed by atoms with E-state index in [0.717, 1.165) is 6.07 Å². The Morgan fingerprint density at radius 3 is 2.63 bits per heavy atom. The van der Waals surface area contributed by atoms with Crippen LogP contribution >= 0.6 is 0 Å². The molecule has 0 aliphatic carbocycles. The molecule has 1 saturated heterocycles. The van der Waals surface area contributed by atoms with Gasteiger partial charge in [-0.3, -0.25) is 4.79 Å². The predicted molar refractivity (Wildman–Crippen MR) is 62.5 cm³/mol. The Hall–Kier alpha value is -1.56. The molecule has 6 heteroatoms. The number of benzene rings is 1. The fourth-order valence-corrected chi connectivity index (χ4v) is 2.25. The zero-order valence-corrected chi connectivity index (χ0v) is 10.2. The van der Waals surface area contributed by atoms with Gasteiger partial charge in [-0.2, -0.15) is 13.2 Å². The van der Waals surface area contributed by atoms with Crippen LogP contribution < -0.4 is 0 Å². The number of hydrogen-bond donors (Lipinski definition) is 1. The maximum Gasteiger partial charge on any atom is 0.417 e. The third-order valence-electron chi connectivity index (χ3n) is 3.29. The van der Waals surface area contributed by atoms with Crippen molar-refractivity contribution in [1.29, 1.82) is 0 Å². The number of aliphatic hydroxyl groups is 1. The number of hydrogen-bond acceptors (Lipinski definition) is 2. The molecule has 1 aliphatic rings. The van der Waals surface area contributed by atoms with Gasteiger partial charge >= 0.3 is 6.18 Å². The van der Waals surface area contributed by atoms with Gasteiger partial charge < -0.3 is 10.0 Å². The lowest BCUT2D eigenvalue weighted by molar-refractivity contribution is -0.138. The summed E-state index contributed by atoms with van der Waals surface area (Å²) in [4.78, 5) is 13.5. The van der Waals surface area contributed by atoms with Crippen molar-refractivity contribution in [2.45, 2.75) is 12.6 Å². The fourth-order valence-electron chi connectivity index (χ4n) is 2.25. The molecule has 19 heavy (non-hydrogen) atoms. The SMILES string of the molecule is O=C(c1ccccc1C(F)(F)F)N1CCC(CO)C1. The van der Waals surface area contributed by atoms with Crippen LogP contribution in [-0.4, -0.2) is 35.6 Å². The maximum atomic E-state index is 12.8. The summed E-state index contributed by atoms with van der Waals surface area (Å²) in [5, 5.41) is 9.00. The number of halogens is 3. The summed E-state index contributed by atoms with van der Waals surface area (Å²) in [6.45, 7) is 0.641. The van der Waals surface area contributed by atoms with Gasteiger partial charge in [-0.1, -0.05) is 12.1 Å². The number of likely N-dealkylation sites (tertiary alicyclic amines) is 1. The second-order valence-corrected chi connectivity index (χ2v) is 4.63. The number of nitrogens with zero attached hydrogens (tertiary/aromatic N) is 1. The second kappa shape index (κ2) is 5.21. The number of rotatable bonds is 2. The molecule has 2 rings (SSSR count). The topological polar surface area (TPSA) is 40.5 Å². The van der Waals surface area contributed by atoms with Crippen molar-refractivity contribution in [3.05, 3.63) is 35.4 Å². The molecule has 1 unspecified atom stereocenters. The maximum absolute atomic E-state index is 12.8. The number of amides is 1. The number of alkyl halides is 3. The summed E-state index contributed by atoms with van der Waals surface area (Å²) >= 11 is 0. The molecule has 1 N–H and O–H groups in total. The van der Waals surface area contributed by atoms with Crippen molar-refractivity contribution < 1.29 is 23.1 Å². The molecule has 1 aliphatic heterocycles. The Labute approximate surface area is 108 Å². The smallest absolute Gasteiger partial charge is 0.396 e. The van der Waals surface area contributed by atoms with E-state index in [9.17, 15) is 18.0 Å². The first-order valence-corrected chi connectivity index (χ1v) is 6.00. The molecule has 104 valence electrons. The minimum Gasteiger partial charge on any atom is -0.396 e. The standard InChI is InChI=1S/C13H14F3NO2/c14-13(15,16)11-4-2-1-3-10(11)12(19)17-6-5-9(7-17)8-18/h1-4,9,18H,5-8H2. The molecule has 1 aromatic carbocycles. The van der Waals surface area contributed by atoms with Crippen molar-refractivity contribution in [2.24, 2.45) is 5.92 Å². The first-order chi connectivity index (χ1) is 8.93. The summed E-state index contributed by atoms with van der Waals surface area (Å²) in [5.74, 6) is -0.661. The van der Waals surface area contributed by atoms with Crippen LogP contribution in [0.25, 0.3) is 0 Å². The highest BCUT2D eigenvalue weighted by molar-refractivity contribution is 5.96. The molecule has 1 heterocycles. The van der Waals surface area contributed by atoms with Gasteiger partial charge in [0.1, 0.15) is 0 Å². The van der Waals surface area contributed by atoms with Gasteiger partial charge in [0.05, 0.1) is 11.1 Å². The zero-order chi connectivity index (χ0) is 14.0. The van der Waals surface area contributed by atoms with Crippen molar-refractivity contribution in [3.63, 3.8) is 0 Å². The number of carbonyl (C=O) groups is 1. The molecule has 0 saturated carbocycles. The van der Waals surface area contributed by atoms with E-state index in [2.05, 4.69) is 0 Å². The van der Waals surface area contributed by atoms with Crippen LogP contribution in [0, 0.1) is 5.92 Å². The minimum absolute atomic E-state index is 0.0398. The lowest BCUT2D eigenvalue weighted by atomic mass is 10.1. The molecule has 1 fully saturated rings. The van der Waals surface area contributed by atoms with Crippen LogP contribution in [-0.2, 0) is 6.18 Å². The quantitative estimate of drug-likeness (QED) is 0.897. The first-order valence-electron chi connectivity index (χ1n) is 6.00. The van der Waals surface area contributed by atoms with Crippen LogP contribution in [0.15, 0.2) is 24.3 Å². The molecule has 3 nitrogen and oxygen atoms in total. The summed E-state index contributed by atoms with van der Waals surface area (Å²) in [7, 11) is 0. The van der Waals surface area contributed by atoms with Crippen molar-refractivity contribution in [2.75, 3.05) is 19.7 Å². The van der Waals surface area contributed by atoms with Crippen molar-refractivity contribution in [3.8, 4) is 0 Å². The Balaban J connectivity index is 2.25. The van der Waals surface area contributed by atoms with Gasteiger partial charge in [0.15, 0.2) is 0 Å². The third kappa shape index (κ3) is 2.89. The molecule has 1 aromatic rings. The fraction of sp³-hybridized carbons (Fsp3) is 0.462. The highest BCUT2D eigenvalue weighted by atomic mass is 19.4. The van der Waals surface area contributed by atoms with E-state index in [0.29, 0.717) is 19.5 Å². The van der Waals surface area contributed by atoms with Crippen LogP contribution in [0.1, 0.15) is 22.3 Å². The zero-order valence-electron chi connectivity index (χ0n) is 10.2. The number of aliphatic hydroxyl groups excluding tert-OH is 1. The Morgan fingerprint density at radius 1 is 1.37 bits per heavy atom. The summed E-state index contributed by atoms with van der Waals surface area (Å²) in [6.07, 6.45) is -3.92. The monoisotopic (exact) mass is 273 g/mol. The van der Waals surface area contributed by atoms with Gasteiger partial charge in [-0.25, -0.2) is 0 Å². The van der Waals surface area contributed by atoms with E-state index in [-0.39, 0.29) is 18.1 Å². The summed E-state index contributed by atoms with van der Waals surface area (Å²) in [5.41, 5.74) is -1.24. The predicted octanol–water partition coefficient (Wildman–Crippen LogP) is 2.16. The molecule has 1 atom stereocenters. The summed E-state index contributed by atoms with van der Waals surface area (Å²) in [6, 6.07) is 4.78. The largest absolute Gasteiger partial charge is 0.417 e. The molecule has 0 aromatic heterocycles. The van der Waals surface area contributed by atoms with Gasteiger partial charge in [0.2, 0.25) is 0 Å². The lowest BCUT2D eigenvalue weighted by Crippen LogP contribution is -2.31. The van der Waals surface area contributed by atoms with E-state index in [1.165, 1.54) is 23.1 Å². The Morgan fingerprint density at radius 2 is 2.05 bits per heavy atom. The van der Waals surface area contributed by atoms with E-state index in [4.69, 9.17) is 5.11 Å². The van der Waals surface area contributed by atoms with Crippen LogP contribution in [0.5, 0.6) is 0 Å².